The first-order chi connectivity index (χ1) is 17.6. The van der Waals surface area contributed by atoms with Crippen molar-refractivity contribution in [1.29, 1.82) is 0 Å². The van der Waals surface area contributed by atoms with Gasteiger partial charge >= 0.3 is 6.36 Å². The van der Waals surface area contributed by atoms with Crippen molar-refractivity contribution >= 4 is 44.0 Å². The molecule has 2 heterocycles. The summed E-state index contributed by atoms with van der Waals surface area (Å²) in [6.45, 7) is 4.22. The van der Waals surface area contributed by atoms with E-state index < -0.39 is 6.36 Å². The van der Waals surface area contributed by atoms with E-state index in [2.05, 4.69) is 56.4 Å². The number of allylic oxidation sites excluding steroid dienone is 4. The number of fused-ring (bicyclic) bond motifs is 1. The lowest BCUT2D eigenvalue weighted by Crippen LogP contribution is -2.31. The monoisotopic (exact) mass is 542 g/mol. The molecule has 2 N–H and O–H groups in total. The molecule has 2 aromatic heterocycles. The Labute approximate surface area is 219 Å². The van der Waals surface area contributed by atoms with Crippen LogP contribution in [0.1, 0.15) is 20.3 Å². The number of thiocarbonyl (C=S) groups is 1. The lowest BCUT2D eigenvalue weighted by Gasteiger charge is -2.22. The van der Waals surface area contributed by atoms with E-state index in [1.54, 1.807) is 0 Å². The van der Waals surface area contributed by atoms with Crippen LogP contribution in [-0.2, 0) is 0 Å². The Morgan fingerprint density at radius 2 is 1.95 bits per heavy atom. The molecule has 0 spiro atoms. The number of benzene rings is 2. The zero-order valence-electron chi connectivity index (χ0n) is 19.7. The van der Waals surface area contributed by atoms with Gasteiger partial charge in [0.25, 0.3) is 0 Å². The van der Waals surface area contributed by atoms with Crippen LogP contribution in [0.3, 0.4) is 0 Å². The molecular weight excluding hydrogens is 521 g/mol. The molecule has 0 saturated carbocycles. The lowest BCUT2D eigenvalue weighted by atomic mass is 9.94. The van der Waals surface area contributed by atoms with Crippen molar-refractivity contribution in [1.82, 2.24) is 25.1 Å². The van der Waals surface area contributed by atoms with E-state index in [4.69, 9.17) is 12.2 Å². The van der Waals surface area contributed by atoms with Crippen molar-refractivity contribution < 1.29 is 17.9 Å². The summed E-state index contributed by atoms with van der Waals surface area (Å²) in [4.78, 5) is 8.97. The standard InChI is InChI=1S/C25H21F3N6OS2/c1-14-4-3-5-15(2)21(14)31-23(36)32-24-30-19-11-6-16(12-20(19)37-24)22-29-13-34(33-22)17-7-9-18(10-8-17)35-25(26,27)28/h3-4,6-13,15H,5H2,1-2H3,(H2,30,31,32,36). The summed E-state index contributed by atoms with van der Waals surface area (Å²) < 4.78 is 43.5. The number of hydrogen-bond acceptors (Lipinski definition) is 6. The first kappa shape index (κ1) is 24.9. The van der Waals surface area contributed by atoms with Crippen LogP contribution in [0, 0.1) is 5.92 Å². The maximum absolute atomic E-state index is 12.4. The first-order valence-electron chi connectivity index (χ1n) is 11.3. The Hall–Kier alpha value is -3.77. The molecule has 0 fully saturated rings. The van der Waals surface area contributed by atoms with E-state index in [0.717, 1.165) is 33.5 Å². The normalized spacial score (nSPS) is 15.8. The number of alkyl halides is 3. The van der Waals surface area contributed by atoms with Crippen molar-refractivity contribution in [2.45, 2.75) is 26.6 Å². The number of rotatable bonds is 5. The molecule has 12 heteroatoms. The third-order valence-corrected chi connectivity index (χ3v) is 6.85. The molecule has 2 aromatic carbocycles. The number of halogens is 3. The van der Waals surface area contributed by atoms with Gasteiger partial charge in [0.1, 0.15) is 12.1 Å². The number of aromatic nitrogens is 4. The number of nitrogens with one attached hydrogen (secondary N) is 2. The Morgan fingerprint density at radius 3 is 2.68 bits per heavy atom. The quantitative estimate of drug-likeness (QED) is 0.275. The van der Waals surface area contributed by atoms with Gasteiger partial charge in [-0.05, 0) is 79.5 Å². The molecule has 4 aromatic rings. The van der Waals surface area contributed by atoms with Crippen molar-refractivity contribution in [2.24, 2.45) is 5.92 Å². The van der Waals surface area contributed by atoms with Crippen LogP contribution in [0.15, 0.2) is 72.2 Å². The van der Waals surface area contributed by atoms with Gasteiger partial charge < -0.3 is 15.4 Å². The Balaban J connectivity index is 1.30. The van der Waals surface area contributed by atoms with Crippen molar-refractivity contribution in [3.05, 3.63) is 72.2 Å². The van der Waals surface area contributed by atoms with Crippen LogP contribution in [-0.4, -0.2) is 31.2 Å². The molecule has 0 aliphatic heterocycles. The zero-order chi connectivity index (χ0) is 26.2. The van der Waals surface area contributed by atoms with Gasteiger partial charge in [0.15, 0.2) is 16.1 Å². The van der Waals surface area contributed by atoms with Crippen molar-refractivity contribution in [3.8, 4) is 22.8 Å². The molecule has 1 aliphatic carbocycles. The minimum absolute atomic E-state index is 0.303. The smallest absolute Gasteiger partial charge is 0.406 e. The van der Waals surface area contributed by atoms with Gasteiger partial charge in [-0.2, -0.15) is 0 Å². The number of thiazole rings is 1. The topological polar surface area (TPSA) is 76.9 Å². The highest BCUT2D eigenvalue weighted by atomic mass is 32.1. The third kappa shape index (κ3) is 5.81. The molecule has 37 heavy (non-hydrogen) atoms. The minimum atomic E-state index is -4.74. The van der Waals surface area contributed by atoms with E-state index in [1.807, 2.05) is 18.2 Å². The predicted molar refractivity (Wildman–Crippen MR) is 142 cm³/mol. The minimum Gasteiger partial charge on any atom is -0.406 e. The number of ether oxygens (including phenoxy) is 1. The summed E-state index contributed by atoms with van der Waals surface area (Å²) >= 11 is 6.97. The summed E-state index contributed by atoms with van der Waals surface area (Å²) in [6.07, 6.45) is 1.98. The maximum Gasteiger partial charge on any atom is 0.573 e. The van der Waals surface area contributed by atoms with Crippen molar-refractivity contribution in [3.63, 3.8) is 0 Å². The summed E-state index contributed by atoms with van der Waals surface area (Å²) in [6, 6.07) is 11.1. The molecule has 190 valence electrons. The zero-order valence-corrected chi connectivity index (χ0v) is 21.3. The van der Waals surface area contributed by atoms with E-state index in [0.29, 0.717) is 27.7 Å². The van der Waals surface area contributed by atoms with E-state index in [-0.39, 0.29) is 5.75 Å². The van der Waals surface area contributed by atoms with Gasteiger partial charge in [-0.3, -0.25) is 0 Å². The van der Waals surface area contributed by atoms with Crippen LogP contribution >= 0.6 is 23.6 Å². The van der Waals surface area contributed by atoms with Crippen LogP contribution < -0.4 is 15.4 Å². The maximum atomic E-state index is 12.4. The molecule has 1 unspecified atom stereocenters. The fourth-order valence-electron chi connectivity index (χ4n) is 3.96. The molecule has 5 rings (SSSR count). The van der Waals surface area contributed by atoms with Gasteiger partial charge in [0, 0.05) is 11.3 Å². The van der Waals surface area contributed by atoms with Gasteiger partial charge in [0.2, 0.25) is 0 Å². The second-order valence-electron chi connectivity index (χ2n) is 8.47. The number of hydrogen-bond donors (Lipinski definition) is 2. The van der Waals surface area contributed by atoms with Gasteiger partial charge in [-0.1, -0.05) is 30.4 Å². The largest absolute Gasteiger partial charge is 0.573 e. The summed E-state index contributed by atoms with van der Waals surface area (Å²) in [5.74, 6) is 0.531. The van der Waals surface area contributed by atoms with Gasteiger partial charge in [-0.15, -0.1) is 18.3 Å². The van der Waals surface area contributed by atoms with E-state index >= 15 is 0 Å². The summed E-state index contributed by atoms with van der Waals surface area (Å²) in [5.41, 5.74) is 4.40. The Kier molecular flexibility index (Phi) is 6.69. The molecule has 0 radical (unpaired) electrons. The number of anilines is 1. The third-order valence-electron chi connectivity index (χ3n) is 5.72. The first-order valence-corrected chi connectivity index (χ1v) is 12.5. The average Bonchev–Trinajstić information content (AvgIpc) is 3.47. The Bertz CT molecular complexity index is 1520. The molecule has 1 aliphatic rings. The Morgan fingerprint density at radius 1 is 1.16 bits per heavy atom. The highest BCUT2D eigenvalue weighted by Crippen LogP contribution is 2.30. The molecule has 0 amide bonds. The van der Waals surface area contributed by atoms with Crippen molar-refractivity contribution in [2.75, 3.05) is 5.32 Å². The van der Waals surface area contributed by atoms with Gasteiger partial charge in [0.05, 0.1) is 15.9 Å². The summed E-state index contributed by atoms with van der Waals surface area (Å²) in [7, 11) is 0. The second-order valence-corrected chi connectivity index (χ2v) is 9.91. The number of nitrogens with zero attached hydrogens (tertiary/aromatic N) is 4. The SMILES string of the molecule is CC1=C(NC(=S)Nc2nc3ccc(-c4ncn(-c5ccc(OC(F)(F)F)cc5)n4)cc3s2)C(C)CC=C1. The van der Waals surface area contributed by atoms with Crippen LogP contribution in [0.4, 0.5) is 18.3 Å². The molecule has 0 bridgehead atoms. The van der Waals surface area contributed by atoms with Crippen LogP contribution in [0.5, 0.6) is 5.75 Å². The van der Waals surface area contributed by atoms with E-state index in [9.17, 15) is 13.2 Å². The fourth-order valence-corrected chi connectivity index (χ4v) is 5.14. The molecule has 7 nitrogen and oxygen atoms in total. The average molecular weight is 543 g/mol. The second kappa shape index (κ2) is 9.94. The highest BCUT2D eigenvalue weighted by Gasteiger charge is 2.31. The lowest BCUT2D eigenvalue weighted by molar-refractivity contribution is -0.274. The van der Waals surface area contributed by atoms with Crippen LogP contribution in [0.2, 0.25) is 0 Å². The fraction of sp³-hybridized carbons (Fsp3) is 0.200. The summed E-state index contributed by atoms with van der Waals surface area (Å²) in [5, 5.41) is 12.1. The van der Waals surface area contributed by atoms with Gasteiger partial charge in [-0.25, -0.2) is 14.6 Å². The molecule has 0 saturated heterocycles. The highest BCUT2D eigenvalue weighted by molar-refractivity contribution is 7.80. The molecule has 1 atom stereocenters. The van der Waals surface area contributed by atoms with Crippen LogP contribution in [0.25, 0.3) is 27.3 Å². The molecular formula is C25H21F3N6OS2. The predicted octanol–water partition coefficient (Wildman–Crippen LogP) is 6.60. The van der Waals surface area contributed by atoms with E-state index in [1.165, 1.54) is 46.6 Å².